The number of aliphatic hydroxyl groups excluding tert-OH is 1. The van der Waals surface area contributed by atoms with Crippen LogP contribution in [0.1, 0.15) is 32.6 Å². The topological polar surface area (TPSA) is 61.8 Å². The summed E-state index contributed by atoms with van der Waals surface area (Å²) in [6.07, 6.45) is -2.79. The number of halogens is 3. The standard InChI is InChI=1S/C14H23F3N2O3/c1-9-6-19(7-11(8-20)22-9)13(21)18-12(14(15,16)17)10-4-2-3-5-10/h9-12,20H,2-8H2,1H3,(H,18,21)/t9-,11+,12-/m1/s1. The average molecular weight is 324 g/mol. The molecule has 1 saturated carbocycles. The molecule has 3 atom stereocenters. The Balaban J connectivity index is 2.01. The van der Waals surface area contributed by atoms with E-state index in [1.165, 1.54) is 4.90 Å². The number of aliphatic hydroxyl groups is 1. The van der Waals surface area contributed by atoms with Crippen LogP contribution in [0.25, 0.3) is 0 Å². The largest absolute Gasteiger partial charge is 0.408 e. The summed E-state index contributed by atoms with van der Waals surface area (Å²) in [5.74, 6) is -0.545. The molecule has 1 aliphatic carbocycles. The Hall–Kier alpha value is -1.02. The van der Waals surface area contributed by atoms with Crippen molar-refractivity contribution in [2.75, 3.05) is 19.7 Å². The second-order valence-electron chi connectivity index (χ2n) is 6.17. The van der Waals surface area contributed by atoms with Crippen LogP contribution in [0.3, 0.4) is 0 Å². The number of carbonyl (C=O) groups excluding carboxylic acids is 1. The van der Waals surface area contributed by atoms with Crippen LogP contribution in [0.4, 0.5) is 18.0 Å². The molecule has 0 aromatic heterocycles. The fourth-order valence-corrected chi connectivity index (χ4v) is 3.29. The molecule has 2 aliphatic rings. The Kier molecular flexibility index (Phi) is 5.55. The molecule has 2 fully saturated rings. The Bertz CT molecular complexity index is 386. The number of rotatable bonds is 3. The van der Waals surface area contributed by atoms with E-state index in [-0.39, 0.29) is 25.8 Å². The van der Waals surface area contributed by atoms with Gasteiger partial charge in [-0.25, -0.2) is 4.79 Å². The van der Waals surface area contributed by atoms with E-state index in [2.05, 4.69) is 5.32 Å². The van der Waals surface area contributed by atoms with Crippen LogP contribution in [0.2, 0.25) is 0 Å². The monoisotopic (exact) mass is 324 g/mol. The van der Waals surface area contributed by atoms with E-state index in [0.717, 1.165) is 12.8 Å². The quantitative estimate of drug-likeness (QED) is 0.833. The minimum absolute atomic E-state index is 0.0991. The van der Waals surface area contributed by atoms with Gasteiger partial charge in [0.2, 0.25) is 0 Å². The lowest BCUT2D eigenvalue weighted by molar-refractivity contribution is -0.165. The van der Waals surface area contributed by atoms with Gasteiger partial charge in [-0.2, -0.15) is 13.2 Å². The summed E-state index contributed by atoms with van der Waals surface area (Å²) in [6.45, 7) is 1.78. The van der Waals surface area contributed by atoms with Gasteiger partial charge in [-0.3, -0.25) is 0 Å². The lowest BCUT2D eigenvalue weighted by Gasteiger charge is -2.37. The van der Waals surface area contributed by atoms with Crippen LogP contribution < -0.4 is 5.32 Å². The van der Waals surface area contributed by atoms with Crippen LogP contribution >= 0.6 is 0 Å². The van der Waals surface area contributed by atoms with E-state index in [0.29, 0.717) is 12.8 Å². The molecule has 0 bridgehead atoms. The highest BCUT2D eigenvalue weighted by molar-refractivity contribution is 5.74. The van der Waals surface area contributed by atoms with E-state index in [1.54, 1.807) is 6.92 Å². The zero-order chi connectivity index (χ0) is 16.3. The predicted octanol–water partition coefficient (Wildman–Crippen LogP) is 1.90. The summed E-state index contributed by atoms with van der Waals surface area (Å²) in [7, 11) is 0. The predicted molar refractivity (Wildman–Crippen MR) is 73.3 cm³/mol. The number of amides is 2. The van der Waals surface area contributed by atoms with Crippen molar-refractivity contribution in [3.8, 4) is 0 Å². The molecule has 1 aliphatic heterocycles. The molecule has 2 amide bonds. The van der Waals surface area contributed by atoms with Crippen LogP contribution in [0, 0.1) is 5.92 Å². The molecule has 22 heavy (non-hydrogen) atoms. The van der Waals surface area contributed by atoms with E-state index in [9.17, 15) is 18.0 Å². The van der Waals surface area contributed by atoms with Crippen LogP contribution in [0.15, 0.2) is 0 Å². The van der Waals surface area contributed by atoms with Crippen molar-refractivity contribution in [1.29, 1.82) is 0 Å². The van der Waals surface area contributed by atoms with Gasteiger partial charge in [0.05, 0.1) is 25.4 Å². The van der Waals surface area contributed by atoms with Gasteiger partial charge in [0.25, 0.3) is 0 Å². The highest BCUT2D eigenvalue weighted by Crippen LogP contribution is 2.35. The van der Waals surface area contributed by atoms with Crippen molar-refractivity contribution in [3.05, 3.63) is 0 Å². The van der Waals surface area contributed by atoms with E-state index in [4.69, 9.17) is 9.84 Å². The minimum atomic E-state index is -4.45. The van der Waals surface area contributed by atoms with Crippen molar-refractivity contribution in [2.45, 2.75) is 57.0 Å². The Morgan fingerprint density at radius 2 is 2.00 bits per heavy atom. The first-order valence-corrected chi connectivity index (χ1v) is 7.69. The number of nitrogens with zero attached hydrogens (tertiary/aromatic N) is 1. The summed E-state index contributed by atoms with van der Waals surface area (Å²) < 4.78 is 45.1. The van der Waals surface area contributed by atoms with Gasteiger partial charge in [0, 0.05) is 6.54 Å². The third kappa shape index (κ3) is 4.25. The SMILES string of the molecule is C[C@@H]1CN(C(=O)N[C@H](C2CCCC2)C(F)(F)F)C[C@@H](CO)O1. The zero-order valence-corrected chi connectivity index (χ0v) is 12.6. The third-order valence-corrected chi connectivity index (χ3v) is 4.32. The molecule has 1 saturated heterocycles. The highest BCUT2D eigenvalue weighted by atomic mass is 19.4. The molecule has 2 rings (SSSR count). The van der Waals surface area contributed by atoms with Crippen LogP contribution in [-0.2, 0) is 4.74 Å². The molecule has 0 aromatic carbocycles. The van der Waals surface area contributed by atoms with E-state index < -0.39 is 30.3 Å². The smallest absolute Gasteiger partial charge is 0.394 e. The maximum Gasteiger partial charge on any atom is 0.408 e. The molecule has 1 heterocycles. The Labute approximate surface area is 127 Å². The summed E-state index contributed by atoms with van der Waals surface area (Å²) in [6, 6.07) is -2.53. The third-order valence-electron chi connectivity index (χ3n) is 4.32. The highest BCUT2D eigenvalue weighted by Gasteiger charge is 2.47. The van der Waals surface area contributed by atoms with Gasteiger partial charge in [-0.05, 0) is 25.7 Å². The van der Waals surface area contributed by atoms with Crippen molar-refractivity contribution in [1.82, 2.24) is 10.2 Å². The molecule has 2 N–H and O–H groups in total. The maximum atomic E-state index is 13.2. The first kappa shape index (κ1) is 17.3. The van der Waals surface area contributed by atoms with Crippen molar-refractivity contribution in [3.63, 3.8) is 0 Å². The van der Waals surface area contributed by atoms with Crippen molar-refractivity contribution in [2.24, 2.45) is 5.92 Å². The first-order valence-electron chi connectivity index (χ1n) is 7.69. The molecule has 0 unspecified atom stereocenters. The van der Waals surface area contributed by atoms with Gasteiger partial charge in [0.15, 0.2) is 0 Å². The fraction of sp³-hybridized carbons (Fsp3) is 0.929. The number of hydrogen-bond acceptors (Lipinski definition) is 3. The van der Waals surface area contributed by atoms with Gasteiger partial charge >= 0.3 is 12.2 Å². The number of ether oxygens (including phenoxy) is 1. The number of carbonyl (C=O) groups is 1. The fourth-order valence-electron chi connectivity index (χ4n) is 3.29. The molecule has 0 spiro atoms. The van der Waals surface area contributed by atoms with Crippen molar-refractivity contribution < 1.29 is 27.8 Å². The number of alkyl halides is 3. The zero-order valence-electron chi connectivity index (χ0n) is 12.6. The summed E-state index contributed by atoms with van der Waals surface area (Å²) in [5.41, 5.74) is 0. The number of hydrogen-bond donors (Lipinski definition) is 2. The number of nitrogens with one attached hydrogen (secondary N) is 1. The molecule has 0 radical (unpaired) electrons. The second-order valence-corrected chi connectivity index (χ2v) is 6.17. The molecule has 5 nitrogen and oxygen atoms in total. The molecule has 128 valence electrons. The number of morpholine rings is 1. The number of urea groups is 1. The minimum Gasteiger partial charge on any atom is -0.394 e. The Morgan fingerprint density at radius 1 is 1.36 bits per heavy atom. The summed E-state index contributed by atoms with van der Waals surface area (Å²) >= 11 is 0. The molecular formula is C14H23F3N2O3. The summed E-state index contributed by atoms with van der Waals surface area (Å²) in [4.78, 5) is 13.5. The average Bonchev–Trinajstić information content (AvgIpc) is 2.96. The van der Waals surface area contributed by atoms with Crippen LogP contribution in [0.5, 0.6) is 0 Å². The normalized spacial score (nSPS) is 28.7. The molecular weight excluding hydrogens is 301 g/mol. The first-order chi connectivity index (χ1) is 10.3. The van der Waals surface area contributed by atoms with Gasteiger partial charge in [-0.1, -0.05) is 12.8 Å². The van der Waals surface area contributed by atoms with Crippen LogP contribution in [-0.4, -0.2) is 60.2 Å². The van der Waals surface area contributed by atoms with E-state index >= 15 is 0 Å². The van der Waals surface area contributed by atoms with Crippen molar-refractivity contribution >= 4 is 6.03 Å². The maximum absolute atomic E-state index is 13.2. The second kappa shape index (κ2) is 7.04. The van der Waals surface area contributed by atoms with Gasteiger partial charge < -0.3 is 20.1 Å². The molecule has 0 aromatic rings. The van der Waals surface area contributed by atoms with Gasteiger partial charge in [0.1, 0.15) is 6.04 Å². The van der Waals surface area contributed by atoms with E-state index in [1.807, 2.05) is 0 Å². The van der Waals surface area contributed by atoms with Gasteiger partial charge in [-0.15, -0.1) is 0 Å². The molecule has 8 heteroatoms. The lowest BCUT2D eigenvalue weighted by Crippen LogP contribution is -2.58. The lowest BCUT2D eigenvalue weighted by atomic mass is 9.98. The summed E-state index contributed by atoms with van der Waals surface area (Å²) in [5, 5.41) is 11.3. The Morgan fingerprint density at radius 3 is 2.55 bits per heavy atom.